The van der Waals surface area contributed by atoms with Gasteiger partial charge in [0.25, 0.3) is 0 Å². The zero-order chi connectivity index (χ0) is 13.1. The van der Waals surface area contributed by atoms with Crippen LogP contribution in [0.25, 0.3) is 0 Å². The molecule has 0 spiro atoms. The van der Waals surface area contributed by atoms with E-state index in [1.54, 1.807) is 0 Å². The molecule has 1 aliphatic rings. The predicted octanol–water partition coefficient (Wildman–Crippen LogP) is 2.45. The number of amides is 1. The molecule has 1 fully saturated rings. The Kier molecular flexibility index (Phi) is 4.59. The molecule has 0 aromatic heterocycles. The third kappa shape index (κ3) is 3.44. The van der Waals surface area contributed by atoms with Crippen molar-refractivity contribution in [3.63, 3.8) is 0 Å². The van der Waals surface area contributed by atoms with Gasteiger partial charge in [-0.1, -0.05) is 33.6 Å². The van der Waals surface area contributed by atoms with E-state index in [4.69, 9.17) is 5.73 Å². The van der Waals surface area contributed by atoms with Crippen molar-refractivity contribution < 1.29 is 4.79 Å². The molecule has 0 aliphatic heterocycles. The fourth-order valence-electron chi connectivity index (χ4n) is 2.65. The van der Waals surface area contributed by atoms with Crippen LogP contribution < -0.4 is 11.1 Å². The van der Waals surface area contributed by atoms with Crippen LogP contribution in [-0.2, 0) is 4.79 Å². The van der Waals surface area contributed by atoms with Crippen LogP contribution in [0.1, 0.15) is 59.8 Å². The Labute approximate surface area is 106 Å². The largest absolute Gasteiger partial charge is 0.349 e. The topological polar surface area (TPSA) is 55.1 Å². The summed E-state index contributed by atoms with van der Waals surface area (Å²) in [4.78, 5) is 12.4. The average Bonchev–Trinajstić information content (AvgIpc) is 2.28. The summed E-state index contributed by atoms with van der Waals surface area (Å²) in [6.07, 6.45) is 5.47. The maximum atomic E-state index is 12.4. The first-order chi connectivity index (χ1) is 7.84. The zero-order valence-corrected chi connectivity index (χ0v) is 11.8. The Morgan fingerprint density at radius 1 is 1.47 bits per heavy atom. The van der Waals surface area contributed by atoms with Gasteiger partial charge in [-0.15, -0.1) is 0 Å². The van der Waals surface area contributed by atoms with E-state index >= 15 is 0 Å². The van der Waals surface area contributed by atoms with Gasteiger partial charge in [-0.2, -0.15) is 0 Å². The lowest BCUT2D eigenvalue weighted by Gasteiger charge is -2.40. The summed E-state index contributed by atoms with van der Waals surface area (Å²) in [6, 6.07) is 0. The molecule has 3 heteroatoms. The molecule has 1 amide bonds. The smallest absolute Gasteiger partial charge is 0.224 e. The summed E-state index contributed by atoms with van der Waals surface area (Å²) < 4.78 is 0. The van der Waals surface area contributed by atoms with Crippen LogP contribution >= 0.6 is 0 Å². The summed E-state index contributed by atoms with van der Waals surface area (Å²) in [5, 5.41) is 3.15. The standard InChI is InChI=1S/C14H28N2O/c1-5-14(4,10-15)16-12(17)11-8-6-7-9-13(11,2)3/h11H,5-10,15H2,1-4H3,(H,16,17). The van der Waals surface area contributed by atoms with Gasteiger partial charge in [0.1, 0.15) is 0 Å². The van der Waals surface area contributed by atoms with Crippen molar-refractivity contribution >= 4 is 5.91 Å². The number of carbonyl (C=O) groups is 1. The van der Waals surface area contributed by atoms with Crippen LogP contribution in [0.5, 0.6) is 0 Å². The molecular weight excluding hydrogens is 212 g/mol. The molecule has 2 atom stereocenters. The maximum absolute atomic E-state index is 12.4. The van der Waals surface area contributed by atoms with E-state index in [0.717, 1.165) is 19.3 Å². The third-order valence-corrected chi connectivity index (χ3v) is 4.48. The molecule has 3 nitrogen and oxygen atoms in total. The van der Waals surface area contributed by atoms with Crippen molar-refractivity contribution in [2.75, 3.05) is 6.54 Å². The summed E-state index contributed by atoms with van der Waals surface area (Å²) in [6.45, 7) is 9.02. The number of hydrogen-bond donors (Lipinski definition) is 2. The van der Waals surface area contributed by atoms with Crippen LogP contribution in [0.15, 0.2) is 0 Å². The minimum absolute atomic E-state index is 0.131. The second-order valence-electron chi connectivity index (χ2n) is 6.39. The van der Waals surface area contributed by atoms with Crippen LogP contribution in [0.2, 0.25) is 0 Å². The first-order valence-electron chi connectivity index (χ1n) is 6.87. The molecule has 1 saturated carbocycles. The van der Waals surface area contributed by atoms with E-state index in [9.17, 15) is 4.79 Å². The minimum Gasteiger partial charge on any atom is -0.349 e. The minimum atomic E-state index is -0.245. The fourth-order valence-corrected chi connectivity index (χ4v) is 2.65. The lowest BCUT2D eigenvalue weighted by molar-refractivity contribution is -0.132. The Hall–Kier alpha value is -0.570. The van der Waals surface area contributed by atoms with Crippen molar-refractivity contribution in [2.24, 2.45) is 17.1 Å². The lowest BCUT2D eigenvalue weighted by atomic mass is 9.68. The van der Waals surface area contributed by atoms with Crippen LogP contribution in [-0.4, -0.2) is 18.0 Å². The van der Waals surface area contributed by atoms with Gasteiger partial charge in [-0.25, -0.2) is 0 Å². The summed E-state index contributed by atoms with van der Waals surface area (Å²) in [5.74, 6) is 0.346. The first kappa shape index (κ1) is 14.5. The molecule has 0 saturated heterocycles. The van der Waals surface area contributed by atoms with E-state index in [-0.39, 0.29) is 22.8 Å². The van der Waals surface area contributed by atoms with Crippen molar-refractivity contribution in [3.05, 3.63) is 0 Å². The van der Waals surface area contributed by atoms with Gasteiger partial charge in [-0.3, -0.25) is 4.79 Å². The summed E-state index contributed by atoms with van der Waals surface area (Å²) >= 11 is 0. The Bertz CT molecular complexity index is 269. The predicted molar refractivity (Wildman–Crippen MR) is 71.6 cm³/mol. The number of hydrogen-bond acceptors (Lipinski definition) is 2. The van der Waals surface area contributed by atoms with Crippen molar-refractivity contribution in [1.82, 2.24) is 5.32 Å². The molecule has 17 heavy (non-hydrogen) atoms. The van der Waals surface area contributed by atoms with Gasteiger partial charge in [0, 0.05) is 18.0 Å². The zero-order valence-electron chi connectivity index (χ0n) is 11.8. The lowest BCUT2D eigenvalue weighted by Crippen LogP contribution is -2.54. The fraction of sp³-hybridized carbons (Fsp3) is 0.929. The Morgan fingerprint density at radius 3 is 2.59 bits per heavy atom. The average molecular weight is 240 g/mol. The molecule has 0 aromatic rings. The molecule has 2 unspecified atom stereocenters. The highest BCUT2D eigenvalue weighted by atomic mass is 16.2. The second-order valence-corrected chi connectivity index (χ2v) is 6.39. The molecule has 100 valence electrons. The molecule has 0 radical (unpaired) electrons. The SMILES string of the molecule is CCC(C)(CN)NC(=O)C1CCCCC1(C)C. The molecule has 0 aromatic carbocycles. The summed E-state index contributed by atoms with van der Waals surface area (Å²) in [7, 11) is 0. The summed E-state index contributed by atoms with van der Waals surface area (Å²) in [5.41, 5.74) is 5.63. The molecule has 3 N–H and O–H groups in total. The number of nitrogens with one attached hydrogen (secondary N) is 1. The van der Waals surface area contributed by atoms with Gasteiger partial charge < -0.3 is 11.1 Å². The highest BCUT2D eigenvalue weighted by Crippen LogP contribution is 2.40. The number of nitrogens with two attached hydrogens (primary N) is 1. The van der Waals surface area contributed by atoms with Crippen LogP contribution in [0.4, 0.5) is 0 Å². The molecule has 1 aliphatic carbocycles. The van der Waals surface area contributed by atoms with Gasteiger partial charge >= 0.3 is 0 Å². The Morgan fingerprint density at radius 2 is 2.12 bits per heavy atom. The van der Waals surface area contributed by atoms with E-state index in [0.29, 0.717) is 6.54 Å². The maximum Gasteiger partial charge on any atom is 0.224 e. The molecule has 1 rings (SSSR count). The molecular formula is C14H28N2O. The first-order valence-corrected chi connectivity index (χ1v) is 6.87. The van der Waals surface area contributed by atoms with Gasteiger partial charge in [-0.05, 0) is 31.6 Å². The number of carbonyl (C=O) groups excluding carboxylic acids is 1. The van der Waals surface area contributed by atoms with Gasteiger partial charge in [0.2, 0.25) is 5.91 Å². The monoisotopic (exact) mass is 240 g/mol. The quantitative estimate of drug-likeness (QED) is 0.793. The van der Waals surface area contributed by atoms with Gasteiger partial charge in [0.15, 0.2) is 0 Å². The highest BCUT2D eigenvalue weighted by molar-refractivity contribution is 5.80. The van der Waals surface area contributed by atoms with E-state index in [1.807, 2.05) is 6.92 Å². The number of rotatable bonds is 4. The van der Waals surface area contributed by atoms with Crippen molar-refractivity contribution in [3.8, 4) is 0 Å². The van der Waals surface area contributed by atoms with Crippen LogP contribution in [0.3, 0.4) is 0 Å². The normalized spacial score (nSPS) is 27.2. The second kappa shape index (κ2) is 5.38. The third-order valence-electron chi connectivity index (χ3n) is 4.48. The van der Waals surface area contributed by atoms with E-state index < -0.39 is 0 Å². The van der Waals surface area contributed by atoms with Crippen molar-refractivity contribution in [2.45, 2.75) is 65.3 Å². The van der Waals surface area contributed by atoms with Crippen molar-refractivity contribution in [1.29, 1.82) is 0 Å². The van der Waals surface area contributed by atoms with E-state index in [1.165, 1.54) is 12.8 Å². The molecule has 0 bridgehead atoms. The van der Waals surface area contributed by atoms with Gasteiger partial charge in [0.05, 0.1) is 0 Å². The highest BCUT2D eigenvalue weighted by Gasteiger charge is 2.38. The Balaban J connectivity index is 2.69. The molecule has 0 heterocycles. The van der Waals surface area contributed by atoms with E-state index in [2.05, 4.69) is 26.1 Å². The van der Waals surface area contributed by atoms with Crippen LogP contribution in [0, 0.1) is 11.3 Å².